The minimum absolute atomic E-state index is 0.254. The maximum atomic E-state index is 6.05. The van der Waals surface area contributed by atoms with E-state index in [4.69, 9.17) is 33.7 Å². The summed E-state index contributed by atoms with van der Waals surface area (Å²) in [6.45, 7) is 0.254. The Balaban J connectivity index is 2.28. The molecule has 3 nitrogen and oxygen atoms in total. The Bertz CT molecular complexity index is 578. The lowest BCUT2D eigenvalue weighted by Crippen LogP contribution is -2.01. The van der Waals surface area contributed by atoms with Gasteiger partial charge in [0.05, 0.1) is 15.7 Å². The molecule has 2 aromatic rings. The van der Waals surface area contributed by atoms with Crippen LogP contribution in [0, 0.1) is 0 Å². The molecule has 1 heterocycles. The molecule has 0 spiro atoms. The lowest BCUT2D eigenvalue weighted by atomic mass is 10.3. The summed E-state index contributed by atoms with van der Waals surface area (Å²) in [5.41, 5.74) is 6.11. The zero-order chi connectivity index (χ0) is 13.1. The lowest BCUT2D eigenvalue weighted by molar-refractivity contribution is 0.461. The van der Waals surface area contributed by atoms with Crippen LogP contribution in [-0.2, 0) is 6.54 Å². The van der Waals surface area contributed by atoms with Gasteiger partial charge >= 0.3 is 0 Å². The van der Waals surface area contributed by atoms with Crippen LogP contribution in [0.5, 0.6) is 11.6 Å². The normalized spacial score (nSPS) is 10.4. The molecule has 0 aliphatic heterocycles. The molecule has 0 unspecified atom stereocenters. The zero-order valence-corrected chi connectivity index (χ0v) is 12.3. The fourth-order valence-corrected chi connectivity index (χ4v) is 2.23. The van der Waals surface area contributed by atoms with Crippen molar-refractivity contribution in [2.45, 2.75) is 6.54 Å². The van der Waals surface area contributed by atoms with Crippen LogP contribution in [-0.4, -0.2) is 4.98 Å². The van der Waals surface area contributed by atoms with E-state index < -0.39 is 0 Å². The third-order valence-corrected chi connectivity index (χ3v) is 3.33. The molecule has 2 rings (SSSR count). The Morgan fingerprint density at radius 2 is 1.94 bits per heavy atom. The van der Waals surface area contributed by atoms with Crippen LogP contribution in [0.25, 0.3) is 0 Å². The molecule has 0 bridgehead atoms. The number of ether oxygens (including phenoxy) is 1. The first-order valence-corrected chi connectivity index (χ1v) is 6.63. The van der Waals surface area contributed by atoms with Gasteiger partial charge in [0.2, 0.25) is 5.88 Å². The number of hydrogen-bond donors (Lipinski definition) is 1. The molecule has 0 saturated heterocycles. The summed E-state index contributed by atoms with van der Waals surface area (Å²) in [6.07, 6.45) is 0. The van der Waals surface area contributed by atoms with Crippen molar-refractivity contribution >= 4 is 39.1 Å². The first kappa shape index (κ1) is 13.6. The highest BCUT2D eigenvalue weighted by Crippen LogP contribution is 2.31. The van der Waals surface area contributed by atoms with E-state index in [1.54, 1.807) is 24.3 Å². The van der Waals surface area contributed by atoms with E-state index in [9.17, 15) is 0 Å². The maximum Gasteiger partial charge on any atom is 0.219 e. The molecule has 0 fully saturated rings. The summed E-state index contributed by atoms with van der Waals surface area (Å²) >= 11 is 15.3. The predicted octanol–water partition coefficient (Wildman–Crippen LogP) is 4.40. The van der Waals surface area contributed by atoms with Gasteiger partial charge < -0.3 is 10.5 Å². The van der Waals surface area contributed by atoms with Crippen molar-refractivity contribution in [3.8, 4) is 11.6 Å². The van der Waals surface area contributed by atoms with Crippen molar-refractivity contribution in [1.29, 1.82) is 0 Å². The van der Waals surface area contributed by atoms with E-state index in [1.807, 2.05) is 6.07 Å². The average Bonchev–Trinajstić information content (AvgIpc) is 2.35. The number of benzene rings is 1. The van der Waals surface area contributed by atoms with Gasteiger partial charge in [-0.15, -0.1) is 0 Å². The first-order valence-electron chi connectivity index (χ1n) is 5.08. The van der Waals surface area contributed by atoms with Crippen molar-refractivity contribution < 1.29 is 4.74 Å². The molecule has 0 saturated carbocycles. The number of rotatable bonds is 3. The molecule has 6 heteroatoms. The highest BCUT2D eigenvalue weighted by atomic mass is 79.9. The molecule has 1 aromatic heterocycles. The minimum Gasteiger partial charge on any atom is -0.437 e. The third-order valence-electron chi connectivity index (χ3n) is 2.19. The van der Waals surface area contributed by atoms with E-state index in [1.165, 1.54) is 0 Å². The van der Waals surface area contributed by atoms with Crippen molar-refractivity contribution in [2.24, 2.45) is 5.73 Å². The molecular weight excluding hydrogens is 339 g/mol. The molecule has 0 aliphatic rings. The van der Waals surface area contributed by atoms with Gasteiger partial charge in [-0.05, 0) is 24.3 Å². The number of hydrogen-bond acceptors (Lipinski definition) is 3. The second kappa shape index (κ2) is 5.89. The maximum absolute atomic E-state index is 6.05. The number of nitrogens with zero attached hydrogens (tertiary/aromatic N) is 1. The number of pyridine rings is 1. The van der Waals surface area contributed by atoms with Gasteiger partial charge in [0.25, 0.3) is 0 Å². The Morgan fingerprint density at radius 3 is 2.61 bits per heavy atom. The van der Waals surface area contributed by atoms with Gasteiger partial charge in [0.15, 0.2) is 0 Å². The third kappa shape index (κ3) is 3.14. The number of nitrogens with two attached hydrogens (primary N) is 1. The van der Waals surface area contributed by atoms with Crippen molar-refractivity contribution in [3.05, 3.63) is 50.5 Å². The van der Waals surface area contributed by atoms with Crippen LogP contribution in [0.4, 0.5) is 0 Å². The van der Waals surface area contributed by atoms with Gasteiger partial charge in [-0.1, -0.05) is 39.1 Å². The lowest BCUT2D eigenvalue weighted by Gasteiger charge is -2.08. The summed E-state index contributed by atoms with van der Waals surface area (Å²) in [6, 6.07) is 8.70. The fraction of sp³-hybridized carbons (Fsp3) is 0.0833. The molecule has 18 heavy (non-hydrogen) atoms. The van der Waals surface area contributed by atoms with E-state index >= 15 is 0 Å². The average molecular weight is 348 g/mol. The van der Waals surface area contributed by atoms with Gasteiger partial charge in [0, 0.05) is 17.1 Å². The quantitative estimate of drug-likeness (QED) is 0.894. The van der Waals surface area contributed by atoms with E-state index in [2.05, 4.69) is 20.9 Å². The molecule has 0 atom stereocenters. The van der Waals surface area contributed by atoms with Crippen LogP contribution < -0.4 is 10.5 Å². The van der Waals surface area contributed by atoms with E-state index in [0.717, 1.165) is 4.47 Å². The highest BCUT2D eigenvalue weighted by Gasteiger charge is 2.07. The summed E-state index contributed by atoms with van der Waals surface area (Å²) in [7, 11) is 0. The van der Waals surface area contributed by atoms with Crippen LogP contribution in [0.3, 0.4) is 0 Å². The first-order chi connectivity index (χ1) is 8.60. The smallest absolute Gasteiger partial charge is 0.219 e. The minimum atomic E-state index is 0.254. The second-order valence-corrected chi connectivity index (χ2v) is 5.19. The molecule has 0 amide bonds. The summed E-state index contributed by atoms with van der Waals surface area (Å²) in [4.78, 5) is 4.20. The molecule has 0 radical (unpaired) electrons. The van der Waals surface area contributed by atoms with Crippen LogP contribution in [0.15, 0.2) is 34.8 Å². The number of halogens is 3. The predicted molar refractivity (Wildman–Crippen MR) is 76.4 cm³/mol. The Hall–Kier alpha value is -0.810. The molecule has 0 aliphatic carbocycles. The molecule has 94 valence electrons. The monoisotopic (exact) mass is 346 g/mol. The molecule has 2 N–H and O–H groups in total. The van der Waals surface area contributed by atoms with Gasteiger partial charge in [-0.25, -0.2) is 4.98 Å². The fourth-order valence-electron chi connectivity index (χ4n) is 1.33. The highest BCUT2D eigenvalue weighted by molar-refractivity contribution is 9.10. The topological polar surface area (TPSA) is 48.1 Å². The van der Waals surface area contributed by atoms with Crippen molar-refractivity contribution in [2.75, 3.05) is 0 Å². The largest absolute Gasteiger partial charge is 0.437 e. The van der Waals surface area contributed by atoms with Gasteiger partial charge in [-0.3, -0.25) is 0 Å². The number of aromatic nitrogens is 1. The van der Waals surface area contributed by atoms with Gasteiger partial charge in [0.1, 0.15) is 5.75 Å². The summed E-state index contributed by atoms with van der Waals surface area (Å²) < 4.78 is 6.46. The summed E-state index contributed by atoms with van der Waals surface area (Å²) in [5.74, 6) is 0.932. The standard InChI is InChI=1S/C12H9BrCl2N2O/c13-7-1-3-11(9(15)5-7)18-12-4-2-8(14)10(6-16)17-12/h1-5H,6,16H2. The van der Waals surface area contributed by atoms with E-state index in [-0.39, 0.29) is 6.54 Å². The second-order valence-electron chi connectivity index (χ2n) is 3.46. The summed E-state index contributed by atoms with van der Waals surface area (Å²) in [5, 5.41) is 1.02. The Morgan fingerprint density at radius 1 is 1.17 bits per heavy atom. The van der Waals surface area contributed by atoms with Crippen LogP contribution >= 0.6 is 39.1 Å². The molecule has 1 aromatic carbocycles. The van der Waals surface area contributed by atoms with Gasteiger partial charge in [-0.2, -0.15) is 0 Å². The van der Waals surface area contributed by atoms with Crippen molar-refractivity contribution in [3.63, 3.8) is 0 Å². The Labute approximate surface area is 123 Å². The Kier molecular flexibility index (Phi) is 4.45. The van der Waals surface area contributed by atoms with Crippen molar-refractivity contribution in [1.82, 2.24) is 4.98 Å². The zero-order valence-electron chi connectivity index (χ0n) is 9.16. The SMILES string of the molecule is NCc1nc(Oc2ccc(Br)cc2Cl)ccc1Cl. The van der Waals surface area contributed by atoms with Crippen LogP contribution in [0.1, 0.15) is 5.69 Å². The van der Waals surface area contributed by atoms with E-state index in [0.29, 0.717) is 27.4 Å². The molecular formula is C12H9BrCl2N2O. The van der Waals surface area contributed by atoms with Crippen LogP contribution in [0.2, 0.25) is 10.0 Å².